The molecule has 2 aromatic heterocycles. The highest BCUT2D eigenvalue weighted by Gasteiger charge is 2.40. The molecule has 0 aliphatic rings. The molecule has 37 heteroatoms. The number of fused-ring (bicyclic) bond motifs is 2. The van der Waals surface area contributed by atoms with E-state index in [0.717, 1.165) is 17.8 Å². The molecule has 7 rings (SSSR count). The van der Waals surface area contributed by atoms with Gasteiger partial charge >= 0.3 is 5.97 Å². The van der Waals surface area contributed by atoms with E-state index in [1.54, 1.807) is 159 Å². The summed E-state index contributed by atoms with van der Waals surface area (Å²) in [5, 5.41) is 77.0. The molecule has 0 unspecified atom stereocenters. The van der Waals surface area contributed by atoms with Crippen LogP contribution in [0.5, 0.6) is 5.75 Å². The monoisotopic (exact) mass is 1730 g/mol. The van der Waals surface area contributed by atoms with Gasteiger partial charge in [-0.1, -0.05) is 165 Å². The second-order valence-corrected chi connectivity index (χ2v) is 32.4. The van der Waals surface area contributed by atoms with Crippen LogP contribution in [0.1, 0.15) is 123 Å². The van der Waals surface area contributed by atoms with Crippen LogP contribution in [0.2, 0.25) is 0 Å². The van der Waals surface area contributed by atoms with Gasteiger partial charge < -0.3 is 111 Å². The van der Waals surface area contributed by atoms with Gasteiger partial charge in [0.2, 0.25) is 88.6 Å². The van der Waals surface area contributed by atoms with Crippen molar-refractivity contribution in [2.45, 2.75) is 212 Å². The first-order valence-corrected chi connectivity index (χ1v) is 41.2. The molecule has 5 aromatic carbocycles. The minimum Gasteiger partial charge on any atom is -0.508 e. The number of aromatic amines is 2. The summed E-state index contributed by atoms with van der Waals surface area (Å²) in [5.74, 6) is -18.7. The Bertz CT molecular complexity index is 4940. The topological polar surface area (TPSA) is 594 Å². The Morgan fingerprint density at radius 3 is 1.10 bits per heavy atom. The molecule has 23 N–H and O–H groups in total. The molecule has 37 nitrogen and oxygen atoms in total. The molecule has 125 heavy (non-hydrogen) atoms. The van der Waals surface area contributed by atoms with Gasteiger partial charge in [-0.25, -0.2) is 0 Å². The largest absolute Gasteiger partial charge is 0.508 e. The lowest BCUT2D eigenvalue weighted by Gasteiger charge is -2.29. The predicted octanol–water partition coefficient (Wildman–Crippen LogP) is -0.197. The highest BCUT2D eigenvalue weighted by molar-refractivity contribution is 6.02. The average molecular weight is 1730 g/mol. The van der Waals surface area contributed by atoms with E-state index in [9.17, 15) is 87.5 Å². The van der Waals surface area contributed by atoms with Crippen molar-refractivity contribution in [2.75, 3.05) is 6.61 Å². The summed E-state index contributed by atoms with van der Waals surface area (Å²) in [4.78, 5) is 231. The predicted molar refractivity (Wildman–Crippen MR) is 459 cm³/mol. The van der Waals surface area contributed by atoms with Crippen molar-refractivity contribution in [3.63, 3.8) is 0 Å². The number of phenolic OH excluding ortho intramolecular Hbond substituents is 1. The van der Waals surface area contributed by atoms with Crippen molar-refractivity contribution in [3.8, 4) is 5.75 Å². The van der Waals surface area contributed by atoms with Crippen LogP contribution in [0.3, 0.4) is 0 Å². The molecule has 0 aliphatic heterocycles. The lowest BCUT2D eigenvalue weighted by Crippen LogP contribution is -2.63. The number of aromatic hydroxyl groups is 1. The van der Waals surface area contributed by atoms with Gasteiger partial charge in [0.1, 0.15) is 84.3 Å². The normalized spacial score (nSPS) is 14.7. The number of aliphatic carboxylic acids is 1. The molecule has 0 bridgehead atoms. The van der Waals surface area contributed by atoms with Crippen LogP contribution in [0.4, 0.5) is 0 Å². The van der Waals surface area contributed by atoms with E-state index in [-0.39, 0.29) is 42.9 Å². The number of nitrogens with two attached hydrogens (primary N) is 2. The number of phenols is 1. The first kappa shape index (κ1) is 98.5. The maximum Gasteiger partial charge on any atom is 0.305 e. The molecule has 672 valence electrons. The number of hydrogen-bond acceptors (Lipinski definition) is 19. The smallest absolute Gasteiger partial charge is 0.305 e. The Hall–Kier alpha value is -13.6. The molecule has 0 radical (unpaired) electrons. The second-order valence-electron chi connectivity index (χ2n) is 32.4. The van der Waals surface area contributed by atoms with Crippen molar-refractivity contribution in [1.82, 2.24) is 79.1 Å². The molecule has 0 saturated heterocycles. The third kappa shape index (κ3) is 30.2. The van der Waals surface area contributed by atoms with E-state index in [4.69, 9.17) is 11.5 Å². The Balaban J connectivity index is 1.13. The molecule has 0 spiro atoms. The summed E-state index contributed by atoms with van der Waals surface area (Å²) in [5.41, 5.74) is 14.9. The zero-order chi connectivity index (χ0) is 92.1. The van der Waals surface area contributed by atoms with Gasteiger partial charge in [0.05, 0.1) is 19.1 Å². The minimum absolute atomic E-state index is 0.112. The van der Waals surface area contributed by atoms with Gasteiger partial charge in [0.15, 0.2) is 0 Å². The summed E-state index contributed by atoms with van der Waals surface area (Å²) in [6.07, 6.45) is -2.58. The quantitative estimate of drug-likeness (QED) is 0.0235. The summed E-state index contributed by atoms with van der Waals surface area (Å²) >= 11 is 0. The van der Waals surface area contributed by atoms with Crippen molar-refractivity contribution in [2.24, 2.45) is 35.1 Å². The maximum atomic E-state index is 15.1. The number of carboxylic acid groups (broad SMARTS) is 1. The van der Waals surface area contributed by atoms with Crippen molar-refractivity contribution >= 4 is 116 Å². The van der Waals surface area contributed by atoms with Crippen LogP contribution in [0.25, 0.3) is 21.8 Å². The Morgan fingerprint density at radius 2 is 0.688 bits per heavy atom. The molecule has 0 fully saturated rings. The third-order valence-corrected chi connectivity index (χ3v) is 20.7. The van der Waals surface area contributed by atoms with E-state index in [1.165, 1.54) is 37.4 Å². The van der Waals surface area contributed by atoms with E-state index in [1.807, 2.05) is 12.1 Å². The van der Waals surface area contributed by atoms with Gasteiger partial charge in [0.25, 0.3) is 0 Å². The SMILES string of the molecule is CC(=O)N[C@H](C(=O)N[C@H](C(=O)N[C@@H](Cc1ccccc1)C(=O)N[C@H](C(=O)N[C@@H](CO)C(=O)N[C@@H](Cc1c[nH]c2ccccc12)C(=O)N[C@@H](CCC(N)=O)C(=O)N[C@@H](CC(=O)O)C(=O)N[C@@H](Cc1ccc(O)cc1)C(=O)N[C@@H](CC(C)C)C(=O)N[C@@H](Cc1ccccc1)C(=O)N[C@@H](Cc1c[nH]c2ccccc12)C(=O)N[C@H](C(N)=O)C(C)C)[C@@H](C)O)C(C)C)C(C)C. The maximum absolute atomic E-state index is 15.1. The average Bonchev–Trinajstić information content (AvgIpc) is 1.24. The molecule has 14 atom stereocenters. The Labute approximate surface area is 722 Å². The molecule has 7 aromatic rings. The number of aliphatic hydroxyl groups excluding tert-OH is 2. The number of benzene rings is 5. The summed E-state index contributed by atoms with van der Waals surface area (Å²) in [6, 6.07) is 15.2. The van der Waals surface area contributed by atoms with Crippen LogP contribution in [-0.2, 0) is 109 Å². The fourth-order valence-electron chi connectivity index (χ4n) is 13.9. The fourth-order valence-corrected chi connectivity index (χ4v) is 13.9. The number of H-pyrrole nitrogens is 2. The van der Waals surface area contributed by atoms with Crippen LogP contribution in [0.15, 0.2) is 146 Å². The minimum atomic E-state index is -2.14. The van der Waals surface area contributed by atoms with Gasteiger partial charge in [-0.3, -0.25) is 76.7 Å². The van der Waals surface area contributed by atoms with Crippen molar-refractivity contribution in [1.29, 1.82) is 0 Å². The first-order valence-electron chi connectivity index (χ1n) is 41.2. The molecule has 2 heterocycles. The van der Waals surface area contributed by atoms with E-state index >= 15 is 9.59 Å². The Kier molecular flexibility index (Phi) is 37.2. The summed E-state index contributed by atoms with van der Waals surface area (Å²) in [6.45, 7) is 14.6. The number of aliphatic hydroxyl groups is 2. The highest BCUT2D eigenvalue weighted by Crippen LogP contribution is 2.23. The number of carbonyl (C=O) groups excluding carboxylic acids is 15. The second kappa shape index (κ2) is 47.2. The number of primary amides is 2. The van der Waals surface area contributed by atoms with Crippen molar-refractivity contribution < 1.29 is 97.1 Å². The molecule has 15 amide bonds. The molecule has 0 saturated carbocycles. The first-order chi connectivity index (χ1) is 59.2. The number of carbonyl (C=O) groups is 16. The lowest BCUT2D eigenvalue weighted by molar-refractivity contribution is -0.141. The van der Waals surface area contributed by atoms with E-state index < -0.39 is 236 Å². The third-order valence-electron chi connectivity index (χ3n) is 20.7. The van der Waals surface area contributed by atoms with Gasteiger partial charge in [-0.2, -0.15) is 0 Å². The lowest BCUT2D eigenvalue weighted by atomic mass is 9.98. The number of rotatable bonds is 48. The van der Waals surface area contributed by atoms with Crippen molar-refractivity contribution in [3.05, 3.63) is 174 Å². The number of amides is 15. The number of aromatic nitrogens is 2. The number of para-hydroxylation sites is 2. The van der Waals surface area contributed by atoms with Crippen LogP contribution in [0, 0.1) is 23.7 Å². The molecule has 0 aliphatic carbocycles. The number of carboxylic acids is 1. The van der Waals surface area contributed by atoms with Crippen LogP contribution < -0.4 is 80.6 Å². The number of hydrogen-bond donors (Lipinski definition) is 21. The van der Waals surface area contributed by atoms with E-state index in [2.05, 4.69) is 79.1 Å². The van der Waals surface area contributed by atoms with Crippen LogP contribution >= 0.6 is 0 Å². The van der Waals surface area contributed by atoms with Gasteiger partial charge in [0, 0.05) is 79.6 Å². The summed E-state index contributed by atoms with van der Waals surface area (Å²) < 4.78 is 0. The standard InChI is InChI=1S/C88H115N17O20/c1-45(2)35-62(78(115)96-63(36-51-21-13-11-14-22-51)80(117)98-67(84(121)103-72(46(3)4)76(90)113)40-55-43-92-60-28-20-18-26-58(55)60)95-79(116)64(38-53-29-31-56(109)32-30-53)97-82(119)68(41-71(111)112)100-77(114)61(33-34-70(89)110)94-81(118)66(39-54-42-91-59-27-19-17-25-57(54)59)99-85(122)69(44-106)102-88(125)75(49(9)107)105-83(120)65(37-52-23-15-12-16-24-52)101-86(123)74(48(7)8)104-87(124)73(47(5)6)93-50(10)108/h11-32,42-43,45-49,61-69,72-75,91-92,106-107,109H,33-41,44H2,1-10H3,(H2,89,110)(H2,90,113)(H,93,108)(H,94,118)(H,95,116)(H,96,115)(H,97,119)(H,98,117)(H,99,122)(H,100,114)(H,101,123)(H,102,125)(H,103,121)(H,104,124)(H,105,120)(H,111,112)/t49-,61+,62+,63+,64+,65+,66+,67+,68+,69+,72+,73+,74+,75+/m1/s1. The van der Waals surface area contributed by atoms with E-state index in [0.29, 0.717) is 33.2 Å². The molecular weight excluding hydrogens is 1620 g/mol. The van der Waals surface area contributed by atoms with Gasteiger partial charge in [-0.05, 0) is 95.5 Å². The zero-order valence-corrected chi connectivity index (χ0v) is 71.3. The Morgan fingerprint density at radius 1 is 0.360 bits per heavy atom. The van der Waals surface area contributed by atoms with Gasteiger partial charge in [-0.15, -0.1) is 0 Å². The zero-order valence-electron chi connectivity index (χ0n) is 71.3. The highest BCUT2D eigenvalue weighted by atomic mass is 16.4. The molecular formula is C88H115N17O20. The fraction of sp³-hybridized carbons (Fsp3) is 0.432. The number of nitrogens with one attached hydrogen (secondary N) is 15. The van der Waals surface area contributed by atoms with Crippen LogP contribution in [-0.4, -0.2) is 216 Å². The summed E-state index contributed by atoms with van der Waals surface area (Å²) in [7, 11) is 0.